The number of nitro benzene ring substituents is 1. The fourth-order valence-electron chi connectivity index (χ4n) is 5.73. The number of hydrogen-bond acceptors (Lipinski definition) is 7. The molecule has 11 nitrogen and oxygen atoms in total. The van der Waals surface area contributed by atoms with E-state index in [1.54, 1.807) is 36.4 Å². The van der Waals surface area contributed by atoms with Gasteiger partial charge in [0.05, 0.1) is 21.9 Å². The van der Waals surface area contributed by atoms with Gasteiger partial charge in [0.25, 0.3) is 11.6 Å². The predicted octanol–water partition coefficient (Wildman–Crippen LogP) is 5.55. The minimum absolute atomic E-state index is 0.0958. The number of non-ortho nitro benzene ring substituents is 1. The molecule has 0 aliphatic carbocycles. The molecule has 0 spiro atoms. The lowest BCUT2D eigenvalue weighted by molar-refractivity contribution is -0.384. The van der Waals surface area contributed by atoms with Crippen LogP contribution in [0, 0.1) is 10.1 Å². The first-order chi connectivity index (χ1) is 21.3. The summed E-state index contributed by atoms with van der Waals surface area (Å²) in [7, 11) is 0. The highest BCUT2D eigenvalue weighted by Crippen LogP contribution is 2.34. The molecule has 2 aliphatic rings. The zero-order chi connectivity index (χ0) is 30.6. The van der Waals surface area contributed by atoms with E-state index in [1.165, 1.54) is 50.0 Å². The Morgan fingerprint density at radius 3 is 2.41 bits per heavy atom. The SMILES string of the molecule is O=C1NC(=O)/C(=C/c2ccc(N=C(c3ccc(CCCN4CCCCC4)cc3)c3c(O)[nH]c4ccc([N+](=O)[O-])cc34)cc2)N1. The number of piperidine rings is 1. The van der Waals surface area contributed by atoms with Gasteiger partial charge in [-0.05, 0) is 80.7 Å². The third-order valence-corrected chi connectivity index (χ3v) is 7.99. The van der Waals surface area contributed by atoms with Crippen molar-refractivity contribution in [3.63, 3.8) is 0 Å². The molecule has 2 fully saturated rings. The molecule has 11 heteroatoms. The van der Waals surface area contributed by atoms with E-state index in [0.29, 0.717) is 33.4 Å². The van der Waals surface area contributed by atoms with Crippen LogP contribution in [0.25, 0.3) is 17.0 Å². The largest absolute Gasteiger partial charge is 0.494 e. The summed E-state index contributed by atoms with van der Waals surface area (Å²) < 4.78 is 0. The number of urea groups is 1. The first-order valence-electron chi connectivity index (χ1n) is 14.7. The third-order valence-electron chi connectivity index (χ3n) is 7.99. The Hall–Kier alpha value is -5.29. The maximum Gasteiger partial charge on any atom is 0.326 e. The molecule has 4 N–H and O–H groups in total. The number of carbonyl (C=O) groups is 2. The highest BCUT2D eigenvalue weighted by atomic mass is 16.6. The van der Waals surface area contributed by atoms with Crippen molar-refractivity contribution >= 4 is 46.0 Å². The first-order valence-corrected chi connectivity index (χ1v) is 14.7. The predicted molar refractivity (Wildman–Crippen MR) is 168 cm³/mol. The van der Waals surface area contributed by atoms with Crippen molar-refractivity contribution in [2.45, 2.75) is 32.1 Å². The molecule has 2 saturated heterocycles. The molecule has 1 aromatic heterocycles. The number of aliphatic imine (C=N–C) groups is 1. The van der Waals surface area contributed by atoms with E-state index in [-0.39, 0.29) is 17.3 Å². The Bertz CT molecular complexity index is 1780. The molecule has 44 heavy (non-hydrogen) atoms. The average Bonchev–Trinajstić information content (AvgIpc) is 3.53. The van der Waals surface area contributed by atoms with Crippen LogP contribution in [-0.4, -0.2) is 57.2 Å². The maximum absolute atomic E-state index is 11.9. The van der Waals surface area contributed by atoms with E-state index in [9.17, 15) is 24.8 Å². The number of fused-ring (bicyclic) bond motifs is 1. The zero-order valence-corrected chi connectivity index (χ0v) is 24.0. The molecule has 3 heterocycles. The van der Waals surface area contributed by atoms with Gasteiger partial charge in [-0.15, -0.1) is 0 Å². The normalized spacial score (nSPS) is 16.8. The molecule has 0 radical (unpaired) electrons. The fraction of sp³-hybridized carbons (Fsp3) is 0.242. The van der Waals surface area contributed by atoms with Crippen LogP contribution in [0.2, 0.25) is 0 Å². The monoisotopic (exact) mass is 592 g/mol. The van der Waals surface area contributed by atoms with Crippen LogP contribution in [0.15, 0.2) is 77.4 Å². The van der Waals surface area contributed by atoms with Gasteiger partial charge < -0.3 is 20.3 Å². The molecule has 0 saturated carbocycles. The number of aromatic nitrogens is 1. The lowest BCUT2D eigenvalue weighted by atomic mass is 9.98. The Kier molecular flexibility index (Phi) is 8.20. The molecule has 3 aromatic carbocycles. The van der Waals surface area contributed by atoms with Gasteiger partial charge in [-0.3, -0.25) is 20.2 Å². The second kappa shape index (κ2) is 12.5. The van der Waals surface area contributed by atoms with Crippen molar-refractivity contribution in [3.8, 4) is 5.88 Å². The molecule has 224 valence electrons. The number of carbonyl (C=O) groups excluding carboxylic acids is 2. The summed E-state index contributed by atoms with van der Waals surface area (Å²) in [6.07, 6.45) is 7.45. The molecule has 6 rings (SSSR count). The second-order valence-electron chi connectivity index (χ2n) is 11.1. The van der Waals surface area contributed by atoms with E-state index < -0.39 is 16.9 Å². The van der Waals surface area contributed by atoms with Gasteiger partial charge in [0.2, 0.25) is 0 Å². The highest BCUT2D eigenvalue weighted by Gasteiger charge is 2.23. The second-order valence-corrected chi connectivity index (χ2v) is 11.1. The molecule has 0 atom stereocenters. The third kappa shape index (κ3) is 6.37. The maximum atomic E-state index is 11.9. The minimum Gasteiger partial charge on any atom is -0.494 e. The number of H-pyrrole nitrogens is 1. The summed E-state index contributed by atoms with van der Waals surface area (Å²) in [6.45, 7) is 3.44. The number of imide groups is 1. The van der Waals surface area contributed by atoms with E-state index in [0.717, 1.165) is 24.9 Å². The Morgan fingerprint density at radius 1 is 0.977 bits per heavy atom. The van der Waals surface area contributed by atoms with Gasteiger partial charge in [0, 0.05) is 28.6 Å². The highest BCUT2D eigenvalue weighted by molar-refractivity contribution is 6.22. The fourth-order valence-corrected chi connectivity index (χ4v) is 5.73. The van der Waals surface area contributed by atoms with Crippen molar-refractivity contribution in [1.29, 1.82) is 0 Å². The summed E-state index contributed by atoms with van der Waals surface area (Å²) in [6, 6.07) is 18.9. The quantitative estimate of drug-likeness (QED) is 0.0657. The molecule has 3 amide bonds. The zero-order valence-electron chi connectivity index (χ0n) is 24.0. The van der Waals surface area contributed by atoms with E-state index in [1.807, 2.05) is 12.1 Å². The van der Waals surface area contributed by atoms with Gasteiger partial charge in [-0.25, -0.2) is 9.79 Å². The lowest BCUT2D eigenvalue weighted by Crippen LogP contribution is -2.30. The number of aromatic hydroxyl groups is 1. The van der Waals surface area contributed by atoms with Crippen molar-refractivity contribution in [3.05, 3.63) is 105 Å². The van der Waals surface area contributed by atoms with Crippen molar-refractivity contribution in [2.24, 2.45) is 4.99 Å². The molecule has 0 bridgehead atoms. The van der Waals surface area contributed by atoms with Gasteiger partial charge in [-0.1, -0.05) is 42.8 Å². The van der Waals surface area contributed by atoms with Crippen LogP contribution in [0.3, 0.4) is 0 Å². The number of nitrogens with one attached hydrogen (secondary N) is 3. The van der Waals surface area contributed by atoms with Crippen molar-refractivity contribution in [1.82, 2.24) is 20.5 Å². The number of rotatable bonds is 9. The number of hydrogen-bond donors (Lipinski definition) is 4. The summed E-state index contributed by atoms with van der Waals surface area (Å²) in [5.41, 5.74) is 4.58. The summed E-state index contributed by atoms with van der Waals surface area (Å²) in [5.74, 6) is -0.646. The summed E-state index contributed by atoms with van der Waals surface area (Å²) in [4.78, 5) is 44.8. The van der Waals surface area contributed by atoms with Gasteiger partial charge in [0.15, 0.2) is 5.88 Å². The number of likely N-dealkylation sites (tertiary alicyclic amines) is 1. The molecule has 4 aromatic rings. The van der Waals surface area contributed by atoms with Crippen LogP contribution < -0.4 is 10.6 Å². The number of benzene rings is 3. The van der Waals surface area contributed by atoms with Crippen molar-refractivity contribution in [2.75, 3.05) is 19.6 Å². The lowest BCUT2D eigenvalue weighted by Gasteiger charge is -2.26. The smallest absolute Gasteiger partial charge is 0.326 e. The molecular formula is C33H32N6O5. The van der Waals surface area contributed by atoms with E-state index in [4.69, 9.17) is 4.99 Å². The number of nitro groups is 1. The van der Waals surface area contributed by atoms with E-state index >= 15 is 0 Å². The van der Waals surface area contributed by atoms with Crippen LogP contribution in [-0.2, 0) is 11.2 Å². The number of aromatic amines is 1. The van der Waals surface area contributed by atoms with Crippen molar-refractivity contribution < 1.29 is 19.6 Å². The molecular weight excluding hydrogens is 560 g/mol. The standard InChI is InChI=1S/C33H32N6O5/c40-31-28(36-33(42)37-31)19-22-8-12-24(13-9-22)34-30(29-26-20-25(39(43)44)14-15-27(26)35-32(29)41)23-10-6-21(7-11-23)5-4-18-38-16-2-1-3-17-38/h6-15,19-20,35,41H,1-5,16-18H2,(H2,36,37,40,42)/b28-19-,34-30?. The summed E-state index contributed by atoms with van der Waals surface area (Å²) in [5, 5.41) is 27.7. The molecule has 2 aliphatic heterocycles. The number of nitrogens with zero attached hydrogens (tertiary/aromatic N) is 3. The Balaban J connectivity index is 1.33. The van der Waals surface area contributed by atoms with E-state index in [2.05, 4.69) is 32.7 Å². The Morgan fingerprint density at radius 2 is 1.73 bits per heavy atom. The summed E-state index contributed by atoms with van der Waals surface area (Å²) >= 11 is 0. The Labute approximate surface area is 253 Å². The van der Waals surface area contributed by atoms with Gasteiger partial charge >= 0.3 is 6.03 Å². The molecule has 0 unspecified atom stereocenters. The first kappa shape index (κ1) is 28.8. The van der Waals surface area contributed by atoms with Gasteiger partial charge in [0.1, 0.15) is 5.70 Å². The van der Waals surface area contributed by atoms with Crippen LogP contribution in [0.4, 0.5) is 16.2 Å². The average molecular weight is 593 g/mol. The number of aryl methyl sites for hydroxylation is 1. The van der Waals surface area contributed by atoms with Crippen LogP contribution >= 0.6 is 0 Å². The van der Waals surface area contributed by atoms with Gasteiger partial charge in [-0.2, -0.15) is 0 Å². The van der Waals surface area contributed by atoms with Crippen LogP contribution in [0.1, 0.15) is 47.9 Å². The van der Waals surface area contributed by atoms with Crippen LogP contribution in [0.5, 0.6) is 5.88 Å². The topological polar surface area (TPSA) is 153 Å². The minimum atomic E-state index is -0.570. The number of amides is 3.